The Hall–Kier alpha value is -2.45. The second-order valence-corrected chi connectivity index (χ2v) is 8.50. The lowest BCUT2D eigenvalue weighted by molar-refractivity contribution is -0.126. The third-order valence-corrected chi connectivity index (χ3v) is 6.83. The predicted octanol–water partition coefficient (Wildman–Crippen LogP) is 2.79. The van der Waals surface area contributed by atoms with Gasteiger partial charge in [-0.2, -0.15) is 0 Å². The molecule has 1 aliphatic rings. The minimum Gasteiger partial charge on any atom is -0.338 e. The summed E-state index contributed by atoms with van der Waals surface area (Å²) in [6.45, 7) is 1.21. The number of thiazole rings is 1. The van der Waals surface area contributed by atoms with Crippen LogP contribution in [0.5, 0.6) is 0 Å². The Morgan fingerprint density at radius 2 is 1.93 bits per heavy atom. The molecule has 4 rings (SSSR count). The smallest absolute Gasteiger partial charge is 0.263 e. The van der Waals surface area contributed by atoms with Crippen molar-refractivity contribution in [1.29, 1.82) is 0 Å². The maximum absolute atomic E-state index is 12.5. The Bertz CT molecular complexity index is 1030. The molecule has 0 spiro atoms. The van der Waals surface area contributed by atoms with E-state index in [4.69, 9.17) is 0 Å². The molecule has 0 atom stereocenters. The first-order valence-corrected chi connectivity index (χ1v) is 10.5. The largest absolute Gasteiger partial charge is 0.338 e. The van der Waals surface area contributed by atoms with Crippen LogP contribution in [-0.4, -0.2) is 34.4 Å². The Labute approximate surface area is 164 Å². The van der Waals surface area contributed by atoms with E-state index in [9.17, 15) is 9.59 Å². The van der Waals surface area contributed by atoms with Crippen molar-refractivity contribution in [3.63, 3.8) is 0 Å². The number of aryl methyl sites for hydroxylation is 1. The monoisotopic (exact) mass is 400 g/mol. The van der Waals surface area contributed by atoms with Crippen molar-refractivity contribution in [1.82, 2.24) is 14.9 Å². The van der Waals surface area contributed by atoms with E-state index in [1.807, 2.05) is 58.3 Å². The van der Waals surface area contributed by atoms with Crippen LogP contribution >= 0.6 is 22.7 Å². The number of hydrogen-bond donors (Lipinski definition) is 1. The molecule has 1 fully saturated rings. The first-order valence-electron chi connectivity index (χ1n) is 8.84. The standard InChI is InChI=1S/C19H20N4O2S2/c1-22-14-5-2-3-6-15(14)27-19(22)21-20-17(24)13-8-10-23(11-9-13)18(25)16-7-4-12-26-16/h2-7,12-13H,8-11H2,1H3,(H,20,24)/b21-19-. The number of amides is 2. The molecule has 1 aliphatic heterocycles. The van der Waals surface area contributed by atoms with Crippen molar-refractivity contribution >= 4 is 44.7 Å². The highest BCUT2D eigenvalue weighted by atomic mass is 32.1. The lowest BCUT2D eigenvalue weighted by Gasteiger charge is -2.30. The zero-order chi connectivity index (χ0) is 18.8. The van der Waals surface area contributed by atoms with Crippen LogP contribution in [0.25, 0.3) is 10.2 Å². The van der Waals surface area contributed by atoms with Gasteiger partial charge in [0.1, 0.15) is 0 Å². The molecule has 27 heavy (non-hydrogen) atoms. The van der Waals surface area contributed by atoms with E-state index in [0.29, 0.717) is 25.9 Å². The van der Waals surface area contributed by atoms with Crippen LogP contribution in [0.4, 0.5) is 0 Å². The first-order chi connectivity index (χ1) is 13.1. The molecule has 0 aliphatic carbocycles. The third-order valence-electron chi connectivity index (χ3n) is 4.86. The van der Waals surface area contributed by atoms with E-state index in [1.54, 1.807) is 11.3 Å². The summed E-state index contributed by atoms with van der Waals surface area (Å²) in [7, 11) is 1.94. The van der Waals surface area contributed by atoms with E-state index >= 15 is 0 Å². The van der Waals surface area contributed by atoms with Gasteiger partial charge in [-0.05, 0) is 36.4 Å². The molecule has 1 saturated heterocycles. The number of para-hydroxylation sites is 1. The summed E-state index contributed by atoms with van der Waals surface area (Å²) >= 11 is 3.00. The molecule has 0 unspecified atom stereocenters. The molecule has 0 radical (unpaired) electrons. The zero-order valence-corrected chi connectivity index (χ0v) is 16.6. The molecule has 140 valence electrons. The highest BCUT2D eigenvalue weighted by Gasteiger charge is 2.28. The first kappa shape index (κ1) is 17.9. The number of benzene rings is 1. The quantitative estimate of drug-likeness (QED) is 0.687. The molecule has 0 bridgehead atoms. The zero-order valence-electron chi connectivity index (χ0n) is 14.9. The third kappa shape index (κ3) is 3.68. The fourth-order valence-corrected chi connectivity index (χ4v) is 4.95. The molecule has 1 aromatic carbocycles. The molecular weight excluding hydrogens is 380 g/mol. The fraction of sp³-hybridized carbons (Fsp3) is 0.316. The lowest BCUT2D eigenvalue weighted by atomic mass is 9.96. The van der Waals surface area contributed by atoms with Crippen molar-refractivity contribution < 1.29 is 9.59 Å². The number of piperidine rings is 1. The summed E-state index contributed by atoms with van der Waals surface area (Å²) in [5.74, 6) is -0.123. The number of likely N-dealkylation sites (tertiary alicyclic amines) is 1. The average Bonchev–Trinajstić information content (AvgIpc) is 3.35. The van der Waals surface area contributed by atoms with E-state index in [0.717, 1.165) is 19.9 Å². The van der Waals surface area contributed by atoms with E-state index in [1.165, 1.54) is 11.3 Å². The predicted molar refractivity (Wildman–Crippen MR) is 107 cm³/mol. The second kappa shape index (κ2) is 7.66. The summed E-state index contributed by atoms with van der Waals surface area (Å²) in [6, 6.07) is 11.8. The minimum absolute atomic E-state index is 0.0610. The van der Waals surface area contributed by atoms with Crippen molar-refractivity contribution in [2.24, 2.45) is 18.1 Å². The van der Waals surface area contributed by atoms with Crippen LogP contribution in [0.1, 0.15) is 22.5 Å². The fourth-order valence-electron chi connectivity index (χ4n) is 3.28. The lowest BCUT2D eigenvalue weighted by Crippen LogP contribution is -2.42. The van der Waals surface area contributed by atoms with Gasteiger partial charge >= 0.3 is 0 Å². The van der Waals surface area contributed by atoms with E-state index < -0.39 is 0 Å². The molecule has 8 heteroatoms. The Morgan fingerprint density at radius 3 is 2.63 bits per heavy atom. The Morgan fingerprint density at radius 1 is 1.15 bits per heavy atom. The summed E-state index contributed by atoms with van der Waals surface area (Å²) in [5, 5.41) is 6.22. The van der Waals surface area contributed by atoms with Gasteiger partial charge in [-0.25, -0.2) is 5.43 Å². The molecule has 1 N–H and O–H groups in total. The van der Waals surface area contributed by atoms with Gasteiger partial charge in [0.2, 0.25) is 10.7 Å². The number of rotatable bonds is 3. The Kier molecular flexibility index (Phi) is 5.09. The van der Waals surface area contributed by atoms with Crippen molar-refractivity contribution in [3.05, 3.63) is 51.5 Å². The van der Waals surface area contributed by atoms with Gasteiger partial charge in [0, 0.05) is 26.1 Å². The maximum Gasteiger partial charge on any atom is 0.263 e. The topological polar surface area (TPSA) is 66.7 Å². The van der Waals surface area contributed by atoms with Crippen LogP contribution in [0, 0.1) is 5.92 Å². The average molecular weight is 401 g/mol. The van der Waals surface area contributed by atoms with Gasteiger partial charge < -0.3 is 9.47 Å². The van der Waals surface area contributed by atoms with Crippen LogP contribution in [0.3, 0.4) is 0 Å². The summed E-state index contributed by atoms with van der Waals surface area (Å²) in [4.78, 5) is 28.2. The highest BCUT2D eigenvalue weighted by molar-refractivity contribution is 7.16. The Balaban J connectivity index is 1.38. The normalized spacial score (nSPS) is 16.0. The molecule has 0 saturated carbocycles. The summed E-state index contributed by atoms with van der Waals surface area (Å²) in [5.41, 5.74) is 3.81. The second-order valence-electron chi connectivity index (χ2n) is 6.54. The van der Waals surface area contributed by atoms with Gasteiger partial charge in [0.15, 0.2) is 0 Å². The van der Waals surface area contributed by atoms with E-state index in [2.05, 4.69) is 10.5 Å². The molecular formula is C19H20N4O2S2. The number of nitrogens with one attached hydrogen (secondary N) is 1. The molecule has 2 amide bonds. The number of hydrogen-bond acceptors (Lipinski definition) is 5. The van der Waals surface area contributed by atoms with Crippen molar-refractivity contribution in [2.75, 3.05) is 13.1 Å². The van der Waals surface area contributed by atoms with Crippen LogP contribution in [0.2, 0.25) is 0 Å². The minimum atomic E-state index is -0.110. The SMILES string of the molecule is Cn1/c(=N/NC(=O)C2CCN(C(=O)c3cccs3)CC2)sc2ccccc21. The van der Waals surface area contributed by atoms with Crippen molar-refractivity contribution in [2.45, 2.75) is 12.8 Å². The van der Waals surface area contributed by atoms with Crippen LogP contribution in [-0.2, 0) is 11.8 Å². The van der Waals surface area contributed by atoms with Gasteiger partial charge in [-0.1, -0.05) is 29.5 Å². The molecule has 3 aromatic rings. The van der Waals surface area contributed by atoms with Gasteiger partial charge in [0.25, 0.3) is 5.91 Å². The van der Waals surface area contributed by atoms with E-state index in [-0.39, 0.29) is 17.7 Å². The number of nitrogens with zero attached hydrogens (tertiary/aromatic N) is 3. The number of carbonyl (C=O) groups is 2. The summed E-state index contributed by atoms with van der Waals surface area (Å²) < 4.78 is 3.11. The molecule has 3 heterocycles. The number of thiophene rings is 1. The van der Waals surface area contributed by atoms with Crippen LogP contribution < -0.4 is 10.2 Å². The van der Waals surface area contributed by atoms with Crippen molar-refractivity contribution in [3.8, 4) is 0 Å². The molecule has 6 nitrogen and oxygen atoms in total. The van der Waals surface area contributed by atoms with Gasteiger partial charge in [-0.15, -0.1) is 16.4 Å². The number of fused-ring (bicyclic) bond motifs is 1. The van der Waals surface area contributed by atoms with Gasteiger partial charge in [-0.3, -0.25) is 9.59 Å². The van der Waals surface area contributed by atoms with Gasteiger partial charge in [0.05, 0.1) is 15.1 Å². The number of carbonyl (C=O) groups excluding carboxylic acids is 2. The number of aromatic nitrogens is 1. The highest BCUT2D eigenvalue weighted by Crippen LogP contribution is 2.21. The maximum atomic E-state index is 12.5. The summed E-state index contributed by atoms with van der Waals surface area (Å²) in [6.07, 6.45) is 1.33. The molecule has 2 aromatic heterocycles. The van der Waals surface area contributed by atoms with Crippen LogP contribution in [0.15, 0.2) is 46.9 Å².